The fraction of sp³-hybridized carbons (Fsp3) is 0. The zero-order chi connectivity index (χ0) is 30.0. The van der Waals surface area contributed by atoms with Gasteiger partial charge in [-0.1, -0.05) is 152 Å². The Morgan fingerprint density at radius 3 is 1.31 bits per heavy atom. The van der Waals surface area contributed by atoms with Gasteiger partial charge in [-0.2, -0.15) is 0 Å². The van der Waals surface area contributed by atoms with Crippen LogP contribution in [0.5, 0.6) is 0 Å². The van der Waals surface area contributed by atoms with E-state index in [9.17, 15) is 0 Å². The van der Waals surface area contributed by atoms with Crippen LogP contribution in [0.15, 0.2) is 188 Å². The summed E-state index contributed by atoms with van der Waals surface area (Å²) in [5.41, 5.74) is 10.8. The molecule has 0 unspecified atom stereocenters. The number of hydrogen-bond acceptors (Lipinski definition) is 1. The van der Waals surface area contributed by atoms with Gasteiger partial charge in [-0.25, -0.2) is 0 Å². The Bertz CT molecular complexity index is 2220. The third-order valence-corrected chi connectivity index (χ3v) is 8.67. The van der Waals surface area contributed by atoms with E-state index in [0.29, 0.717) is 0 Å². The molecule has 0 aliphatic heterocycles. The Labute approximate surface area is 264 Å². The summed E-state index contributed by atoms with van der Waals surface area (Å²) >= 11 is 0. The first kappa shape index (κ1) is 26.7. The first-order valence-electron chi connectivity index (χ1n) is 15.4. The molecule has 0 atom stereocenters. The highest BCUT2D eigenvalue weighted by Gasteiger charge is 2.15. The van der Waals surface area contributed by atoms with Crippen LogP contribution in [-0.4, -0.2) is 0 Å². The molecule has 0 bridgehead atoms. The van der Waals surface area contributed by atoms with Crippen LogP contribution < -0.4 is 4.90 Å². The van der Waals surface area contributed by atoms with Gasteiger partial charge in [0.05, 0.1) is 0 Å². The van der Waals surface area contributed by atoms with Gasteiger partial charge >= 0.3 is 0 Å². The molecule has 0 radical (unpaired) electrons. The summed E-state index contributed by atoms with van der Waals surface area (Å²) < 4.78 is 0. The third-order valence-electron chi connectivity index (χ3n) is 8.67. The molecule has 0 fully saturated rings. The molecule has 0 saturated carbocycles. The van der Waals surface area contributed by atoms with Crippen molar-refractivity contribution >= 4 is 38.6 Å². The molecule has 8 aromatic rings. The van der Waals surface area contributed by atoms with E-state index in [1.807, 2.05) is 0 Å². The quantitative estimate of drug-likeness (QED) is 0.191. The molecule has 45 heavy (non-hydrogen) atoms. The van der Waals surface area contributed by atoms with E-state index in [1.54, 1.807) is 0 Å². The average molecular weight is 574 g/mol. The van der Waals surface area contributed by atoms with E-state index in [4.69, 9.17) is 0 Å². The maximum atomic E-state index is 2.33. The van der Waals surface area contributed by atoms with Gasteiger partial charge in [0.2, 0.25) is 0 Å². The van der Waals surface area contributed by atoms with Gasteiger partial charge in [0.25, 0.3) is 0 Å². The van der Waals surface area contributed by atoms with Crippen LogP contribution in [-0.2, 0) is 0 Å². The van der Waals surface area contributed by atoms with Gasteiger partial charge in [0.1, 0.15) is 0 Å². The van der Waals surface area contributed by atoms with E-state index < -0.39 is 0 Å². The van der Waals surface area contributed by atoms with Crippen LogP contribution in [0.25, 0.3) is 54.9 Å². The second kappa shape index (κ2) is 11.6. The highest BCUT2D eigenvalue weighted by molar-refractivity contribution is 6.06. The van der Waals surface area contributed by atoms with Crippen LogP contribution in [0.4, 0.5) is 17.1 Å². The minimum atomic E-state index is 1.12. The maximum absolute atomic E-state index is 2.33. The van der Waals surface area contributed by atoms with Crippen molar-refractivity contribution in [3.8, 4) is 33.4 Å². The van der Waals surface area contributed by atoms with Crippen molar-refractivity contribution < 1.29 is 0 Å². The third kappa shape index (κ3) is 5.05. The van der Waals surface area contributed by atoms with Gasteiger partial charge in [0.15, 0.2) is 0 Å². The molecule has 0 aromatic heterocycles. The summed E-state index contributed by atoms with van der Waals surface area (Å²) in [4.78, 5) is 2.33. The highest BCUT2D eigenvalue weighted by Crippen LogP contribution is 2.40. The van der Waals surface area contributed by atoms with Crippen molar-refractivity contribution in [1.29, 1.82) is 0 Å². The first-order valence-corrected chi connectivity index (χ1v) is 15.4. The fourth-order valence-electron chi connectivity index (χ4n) is 6.52. The lowest BCUT2D eigenvalue weighted by Crippen LogP contribution is -2.09. The van der Waals surface area contributed by atoms with Crippen LogP contribution in [0.1, 0.15) is 0 Å². The Kier molecular flexibility index (Phi) is 6.90. The topological polar surface area (TPSA) is 3.24 Å². The number of para-hydroxylation sites is 1. The molecule has 0 aliphatic rings. The SMILES string of the molecule is c1ccc(-c2cccc3cccc(-c4ccc(N(c5ccccc5)c5ccc(-c6cccc7ccccc67)cc5)cc4)c23)cc1. The molecule has 0 amide bonds. The largest absolute Gasteiger partial charge is 0.311 e. The van der Waals surface area contributed by atoms with E-state index in [-0.39, 0.29) is 0 Å². The Morgan fingerprint density at radius 1 is 0.267 bits per heavy atom. The molecule has 0 heterocycles. The number of anilines is 3. The van der Waals surface area contributed by atoms with Gasteiger partial charge in [0, 0.05) is 17.1 Å². The summed E-state index contributed by atoms with van der Waals surface area (Å²) in [5, 5.41) is 5.05. The Morgan fingerprint density at radius 2 is 0.689 bits per heavy atom. The molecular weight excluding hydrogens is 542 g/mol. The van der Waals surface area contributed by atoms with Gasteiger partial charge in [-0.05, 0) is 91.3 Å². The first-order chi connectivity index (χ1) is 22.3. The van der Waals surface area contributed by atoms with Crippen molar-refractivity contribution in [3.05, 3.63) is 188 Å². The van der Waals surface area contributed by atoms with E-state index >= 15 is 0 Å². The normalized spacial score (nSPS) is 11.1. The number of hydrogen-bond donors (Lipinski definition) is 0. The highest BCUT2D eigenvalue weighted by atomic mass is 15.1. The summed E-state index contributed by atoms with van der Waals surface area (Å²) in [5.74, 6) is 0. The van der Waals surface area contributed by atoms with Crippen LogP contribution in [0.3, 0.4) is 0 Å². The molecule has 8 aromatic carbocycles. The predicted octanol–water partition coefficient (Wildman–Crippen LogP) is 12.5. The van der Waals surface area contributed by atoms with Crippen molar-refractivity contribution in [3.63, 3.8) is 0 Å². The molecule has 0 spiro atoms. The monoisotopic (exact) mass is 573 g/mol. The Balaban J connectivity index is 1.20. The lowest BCUT2D eigenvalue weighted by molar-refractivity contribution is 1.28. The summed E-state index contributed by atoms with van der Waals surface area (Å²) in [6, 6.07) is 67.5. The van der Waals surface area contributed by atoms with Crippen molar-refractivity contribution in [1.82, 2.24) is 0 Å². The van der Waals surface area contributed by atoms with Gasteiger partial charge in [-0.15, -0.1) is 0 Å². The number of nitrogens with zero attached hydrogens (tertiary/aromatic N) is 1. The van der Waals surface area contributed by atoms with E-state index in [0.717, 1.165) is 17.1 Å². The van der Waals surface area contributed by atoms with Gasteiger partial charge in [-0.3, -0.25) is 0 Å². The summed E-state index contributed by atoms with van der Waals surface area (Å²) in [6.07, 6.45) is 0. The number of benzene rings is 8. The minimum Gasteiger partial charge on any atom is -0.311 e. The second-order valence-electron chi connectivity index (χ2n) is 11.4. The van der Waals surface area contributed by atoms with E-state index in [2.05, 4.69) is 193 Å². The zero-order valence-corrected chi connectivity index (χ0v) is 24.8. The fourth-order valence-corrected chi connectivity index (χ4v) is 6.52. The van der Waals surface area contributed by atoms with Crippen molar-refractivity contribution in [2.24, 2.45) is 0 Å². The zero-order valence-electron chi connectivity index (χ0n) is 24.8. The van der Waals surface area contributed by atoms with Gasteiger partial charge < -0.3 is 4.90 Å². The standard InChI is InChI=1S/C44H31N/c1-3-12-33(13-4-1)42-22-10-16-36-17-11-23-43(44(36)42)35-26-30-39(31-27-35)45(37-18-5-2-6-19-37)38-28-24-34(25-29-38)41-21-9-15-32-14-7-8-20-40(32)41/h1-31H. The molecule has 0 N–H and O–H groups in total. The molecule has 1 heteroatoms. The minimum absolute atomic E-state index is 1.12. The van der Waals surface area contributed by atoms with Crippen LogP contribution in [0.2, 0.25) is 0 Å². The smallest absolute Gasteiger partial charge is 0.0462 e. The van der Waals surface area contributed by atoms with Crippen LogP contribution in [0, 0.1) is 0 Å². The second-order valence-corrected chi connectivity index (χ2v) is 11.4. The maximum Gasteiger partial charge on any atom is 0.0462 e. The summed E-state index contributed by atoms with van der Waals surface area (Å²) in [6.45, 7) is 0. The number of rotatable bonds is 6. The molecule has 8 rings (SSSR count). The molecule has 0 aliphatic carbocycles. The lowest BCUT2D eigenvalue weighted by atomic mass is 9.91. The average Bonchev–Trinajstić information content (AvgIpc) is 3.12. The van der Waals surface area contributed by atoms with Crippen molar-refractivity contribution in [2.75, 3.05) is 4.90 Å². The molecule has 1 nitrogen and oxygen atoms in total. The predicted molar refractivity (Wildman–Crippen MR) is 192 cm³/mol. The molecular formula is C44H31N. The van der Waals surface area contributed by atoms with E-state index in [1.165, 1.54) is 54.9 Å². The van der Waals surface area contributed by atoms with Crippen molar-refractivity contribution in [2.45, 2.75) is 0 Å². The molecule has 212 valence electrons. The molecule has 0 saturated heterocycles. The van der Waals surface area contributed by atoms with Crippen LogP contribution >= 0.6 is 0 Å². The summed E-state index contributed by atoms with van der Waals surface area (Å²) in [7, 11) is 0. The lowest BCUT2D eigenvalue weighted by Gasteiger charge is -2.26. The Hall–Kier alpha value is -5.92. The number of fused-ring (bicyclic) bond motifs is 2.